The highest BCUT2D eigenvalue weighted by Crippen LogP contribution is 2.19. The maximum atomic E-state index is 13.0. The summed E-state index contributed by atoms with van der Waals surface area (Å²) in [6.07, 6.45) is 12.9. The maximum absolute atomic E-state index is 13.0. The number of hydrogen-bond donors (Lipinski definition) is 2. The van der Waals surface area contributed by atoms with E-state index < -0.39 is 0 Å². The Morgan fingerprint density at radius 3 is 2.47 bits per heavy atom. The number of benzene rings is 1. The molecule has 2 aliphatic rings. The standard InChI is InChI=1S/C29H33N5O4/c35-27(32-38-28-5-1-4-20-37-28)13-7-22-6-12-26(30-21-22)31-24-14-18-34(19-15-24)29(36)23-8-10-25(11-9-23)33-16-2-3-17-33/h2-3,6-13,16-17,21,24,28H,1,4-5,14-15,18-20H2,(H,30,31)(H,32,35)/b13-7+. The Kier molecular flexibility index (Phi) is 8.47. The number of anilines is 1. The zero-order valence-corrected chi connectivity index (χ0v) is 21.3. The van der Waals surface area contributed by atoms with E-state index in [9.17, 15) is 9.59 Å². The largest absolute Gasteiger partial charge is 0.367 e. The number of hydrogen-bond acceptors (Lipinski definition) is 6. The molecule has 38 heavy (non-hydrogen) atoms. The van der Waals surface area contributed by atoms with Crippen molar-refractivity contribution in [3.8, 4) is 5.69 Å². The summed E-state index contributed by atoms with van der Waals surface area (Å²) in [4.78, 5) is 36.6. The number of nitrogens with one attached hydrogen (secondary N) is 2. The summed E-state index contributed by atoms with van der Waals surface area (Å²) in [6.45, 7) is 2.04. The monoisotopic (exact) mass is 515 g/mol. The first-order valence-electron chi connectivity index (χ1n) is 13.1. The van der Waals surface area contributed by atoms with Gasteiger partial charge in [-0.3, -0.25) is 9.59 Å². The molecule has 2 aliphatic heterocycles. The Hall–Kier alpha value is -3.95. The molecule has 0 spiro atoms. The third-order valence-electron chi connectivity index (χ3n) is 6.79. The Balaban J connectivity index is 1.05. The first kappa shape index (κ1) is 25.7. The molecule has 0 aliphatic carbocycles. The summed E-state index contributed by atoms with van der Waals surface area (Å²) in [5.74, 6) is 0.492. The molecule has 2 N–H and O–H groups in total. The molecule has 1 aromatic carbocycles. The first-order chi connectivity index (χ1) is 18.6. The van der Waals surface area contributed by atoms with E-state index in [-0.39, 0.29) is 24.1 Å². The van der Waals surface area contributed by atoms with E-state index in [1.807, 2.05) is 70.4 Å². The van der Waals surface area contributed by atoms with Crippen LogP contribution in [0.25, 0.3) is 11.8 Å². The molecule has 9 heteroatoms. The van der Waals surface area contributed by atoms with E-state index in [2.05, 4.69) is 15.8 Å². The summed E-state index contributed by atoms with van der Waals surface area (Å²) in [5.41, 5.74) is 4.96. The summed E-state index contributed by atoms with van der Waals surface area (Å²) < 4.78 is 7.44. The van der Waals surface area contributed by atoms with Crippen LogP contribution >= 0.6 is 0 Å². The highest BCUT2D eigenvalue weighted by Gasteiger charge is 2.24. The quantitative estimate of drug-likeness (QED) is 0.345. The minimum atomic E-state index is -0.375. The van der Waals surface area contributed by atoms with Gasteiger partial charge in [0.1, 0.15) is 5.82 Å². The van der Waals surface area contributed by atoms with Crippen LogP contribution in [0.5, 0.6) is 0 Å². The molecule has 2 fully saturated rings. The second-order valence-corrected chi connectivity index (χ2v) is 9.54. The van der Waals surface area contributed by atoms with Crippen molar-refractivity contribution >= 4 is 23.7 Å². The van der Waals surface area contributed by atoms with Gasteiger partial charge in [-0.2, -0.15) is 0 Å². The summed E-state index contributed by atoms with van der Waals surface area (Å²) in [6, 6.07) is 15.7. The predicted octanol–water partition coefficient (Wildman–Crippen LogP) is 4.18. The van der Waals surface area contributed by atoms with Gasteiger partial charge in [-0.25, -0.2) is 15.3 Å². The van der Waals surface area contributed by atoms with Crippen LogP contribution in [0, 0.1) is 0 Å². The molecule has 0 bridgehead atoms. The number of hydroxylamine groups is 1. The fourth-order valence-corrected chi connectivity index (χ4v) is 4.62. The van der Waals surface area contributed by atoms with E-state index in [0.29, 0.717) is 25.3 Å². The number of nitrogens with zero attached hydrogens (tertiary/aromatic N) is 3. The molecule has 198 valence electrons. The number of amides is 2. The molecule has 3 aromatic rings. The third-order valence-corrected chi connectivity index (χ3v) is 6.79. The van der Waals surface area contributed by atoms with Crippen LogP contribution in [0.15, 0.2) is 73.2 Å². The van der Waals surface area contributed by atoms with Crippen LogP contribution in [0.4, 0.5) is 5.82 Å². The molecule has 5 rings (SSSR count). The van der Waals surface area contributed by atoms with Gasteiger partial charge in [-0.15, -0.1) is 0 Å². The SMILES string of the molecule is O=C(/C=C/c1ccc(NC2CCN(C(=O)c3ccc(-n4cccc4)cc3)CC2)nc1)NOC1CCCCO1. The van der Waals surface area contributed by atoms with Gasteiger partial charge in [0.25, 0.3) is 11.8 Å². The number of likely N-dealkylation sites (tertiary alicyclic amines) is 1. The number of aromatic nitrogens is 2. The summed E-state index contributed by atoms with van der Waals surface area (Å²) in [5, 5.41) is 3.46. The van der Waals surface area contributed by atoms with E-state index >= 15 is 0 Å². The van der Waals surface area contributed by atoms with Crippen LogP contribution in [0.1, 0.15) is 48.0 Å². The van der Waals surface area contributed by atoms with Gasteiger partial charge < -0.3 is 19.5 Å². The van der Waals surface area contributed by atoms with Gasteiger partial charge in [-0.05, 0) is 85.9 Å². The van der Waals surface area contributed by atoms with Crippen molar-refractivity contribution in [1.29, 1.82) is 0 Å². The summed E-state index contributed by atoms with van der Waals surface area (Å²) in [7, 11) is 0. The van der Waals surface area contributed by atoms with E-state index in [1.165, 1.54) is 6.08 Å². The second-order valence-electron chi connectivity index (χ2n) is 9.54. The Bertz CT molecular complexity index is 1210. The van der Waals surface area contributed by atoms with Crippen LogP contribution < -0.4 is 10.8 Å². The Morgan fingerprint density at radius 2 is 1.79 bits per heavy atom. The molecule has 0 radical (unpaired) electrons. The minimum absolute atomic E-state index is 0.0671. The fourth-order valence-electron chi connectivity index (χ4n) is 4.62. The normalized spacial score (nSPS) is 18.4. The molecule has 0 saturated carbocycles. The molecule has 4 heterocycles. The van der Waals surface area contributed by atoms with Crippen LogP contribution in [0.2, 0.25) is 0 Å². The first-order valence-corrected chi connectivity index (χ1v) is 13.1. The highest BCUT2D eigenvalue weighted by atomic mass is 16.8. The average molecular weight is 516 g/mol. The van der Waals surface area contributed by atoms with Gasteiger partial charge in [0.05, 0.1) is 0 Å². The van der Waals surface area contributed by atoms with Gasteiger partial charge >= 0.3 is 0 Å². The number of ether oxygens (including phenoxy) is 1. The van der Waals surface area contributed by atoms with Crippen LogP contribution in [-0.4, -0.2) is 58.3 Å². The smallest absolute Gasteiger partial charge is 0.267 e. The van der Waals surface area contributed by atoms with Crippen LogP contribution in [-0.2, 0) is 14.4 Å². The third kappa shape index (κ3) is 6.87. The van der Waals surface area contributed by atoms with Gasteiger partial charge in [-0.1, -0.05) is 0 Å². The van der Waals surface area contributed by atoms with Crippen LogP contribution in [0.3, 0.4) is 0 Å². The molecule has 9 nitrogen and oxygen atoms in total. The Labute approximate surface area is 222 Å². The van der Waals surface area contributed by atoms with Gasteiger partial charge in [0.2, 0.25) is 0 Å². The molecule has 2 saturated heterocycles. The van der Waals surface area contributed by atoms with Crippen molar-refractivity contribution in [3.05, 3.63) is 84.3 Å². The summed E-state index contributed by atoms with van der Waals surface area (Å²) >= 11 is 0. The number of rotatable bonds is 8. The lowest BCUT2D eigenvalue weighted by molar-refractivity contribution is -0.198. The van der Waals surface area contributed by atoms with E-state index in [1.54, 1.807) is 12.3 Å². The molecule has 2 amide bonds. The molecular weight excluding hydrogens is 482 g/mol. The topological polar surface area (TPSA) is 97.7 Å². The molecule has 1 atom stereocenters. The van der Waals surface area contributed by atoms with Gasteiger partial charge in [0.15, 0.2) is 6.29 Å². The number of carbonyl (C=O) groups is 2. The van der Waals surface area contributed by atoms with Crippen molar-refractivity contribution in [3.63, 3.8) is 0 Å². The number of carbonyl (C=O) groups excluding carboxylic acids is 2. The zero-order chi connectivity index (χ0) is 26.2. The molecule has 2 aromatic heterocycles. The van der Waals surface area contributed by atoms with E-state index in [0.717, 1.165) is 49.2 Å². The predicted molar refractivity (Wildman–Crippen MR) is 144 cm³/mol. The molecule has 1 unspecified atom stereocenters. The average Bonchev–Trinajstić information content (AvgIpc) is 3.52. The second kappa shape index (κ2) is 12.5. The Morgan fingerprint density at radius 1 is 1.00 bits per heavy atom. The van der Waals surface area contributed by atoms with Crippen molar-refractivity contribution in [2.75, 3.05) is 25.0 Å². The van der Waals surface area contributed by atoms with Crippen molar-refractivity contribution in [2.45, 2.75) is 44.4 Å². The number of piperidine rings is 1. The maximum Gasteiger partial charge on any atom is 0.267 e. The number of pyridine rings is 1. The minimum Gasteiger partial charge on any atom is -0.367 e. The molecular formula is C29H33N5O4. The lowest BCUT2D eigenvalue weighted by Crippen LogP contribution is -2.42. The van der Waals surface area contributed by atoms with E-state index in [4.69, 9.17) is 9.57 Å². The highest BCUT2D eigenvalue weighted by molar-refractivity contribution is 5.94. The van der Waals surface area contributed by atoms with Crippen molar-refractivity contribution < 1.29 is 19.2 Å². The lowest BCUT2D eigenvalue weighted by Gasteiger charge is -2.32. The van der Waals surface area contributed by atoms with Crippen molar-refractivity contribution in [2.24, 2.45) is 0 Å². The van der Waals surface area contributed by atoms with Crippen molar-refractivity contribution in [1.82, 2.24) is 19.9 Å². The van der Waals surface area contributed by atoms with Gasteiger partial charge in [0, 0.05) is 68.1 Å². The fraction of sp³-hybridized carbons (Fsp3) is 0.345. The zero-order valence-electron chi connectivity index (χ0n) is 21.3. The lowest BCUT2D eigenvalue weighted by atomic mass is 10.0.